The minimum absolute atomic E-state index is 1.03. The molecule has 0 unspecified atom stereocenters. The maximum absolute atomic E-state index is 5.34. The van der Waals surface area contributed by atoms with E-state index in [1.165, 1.54) is 110 Å². The molecule has 71 heavy (non-hydrogen) atoms. The van der Waals surface area contributed by atoms with Gasteiger partial charge < -0.3 is 8.83 Å². The van der Waals surface area contributed by atoms with Crippen molar-refractivity contribution in [3.63, 3.8) is 0 Å². The summed E-state index contributed by atoms with van der Waals surface area (Å²) in [6, 6.07) is 0. The second-order valence-electron chi connectivity index (χ2n) is 20.0. The number of nitrogens with zero attached hydrogens (tertiary/aromatic N) is 4. The van der Waals surface area contributed by atoms with E-state index >= 15 is 0 Å². The lowest BCUT2D eigenvalue weighted by Crippen LogP contribution is -1.98. The lowest BCUT2D eigenvalue weighted by Gasteiger charge is -2.15. The Morgan fingerprint density at radius 3 is 0.465 bits per heavy atom. The predicted molar refractivity (Wildman–Crippen MR) is 310 cm³/mol. The highest BCUT2D eigenvalue weighted by Crippen LogP contribution is 2.26. The Labute approximate surface area is 438 Å². The molecule has 6 nitrogen and oxygen atoms in total. The molecule has 0 saturated heterocycles. The van der Waals surface area contributed by atoms with Crippen molar-refractivity contribution >= 4 is 11.3 Å². The Kier molecular flexibility index (Phi) is 24.8. The molecule has 0 spiro atoms. The number of hydrogen-bond acceptors (Lipinski definition) is 7. The van der Waals surface area contributed by atoms with Crippen molar-refractivity contribution in [1.29, 1.82) is 0 Å². The van der Waals surface area contributed by atoms with E-state index in [1.54, 1.807) is 0 Å². The number of thiophene rings is 1. The molecule has 0 bridgehead atoms. The number of benzene rings is 1. The first-order chi connectivity index (χ1) is 32.5. The van der Waals surface area contributed by atoms with Crippen LogP contribution in [0.15, 0.2) is 8.83 Å². The summed E-state index contributed by atoms with van der Waals surface area (Å²) in [7, 11) is 0. The number of aromatic nitrogens is 4. The van der Waals surface area contributed by atoms with Crippen molar-refractivity contribution in [2.45, 2.75) is 222 Å². The van der Waals surface area contributed by atoms with E-state index in [4.69, 9.17) is 8.83 Å². The first kappa shape index (κ1) is 63.9. The van der Waals surface area contributed by atoms with Crippen LogP contribution in [0, 0.1) is 222 Å². The molecular formula is C64H96N4O2S. The van der Waals surface area contributed by atoms with Gasteiger partial charge in [-0.25, -0.2) is 0 Å². The van der Waals surface area contributed by atoms with Gasteiger partial charge in [-0.2, -0.15) is 0 Å². The molecule has 0 aliphatic heterocycles. The van der Waals surface area contributed by atoms with Crippen molar-refractivity contribution in [1.82, 2.24) is 19.9 Å². The summed E-state index contributed by atoms with van der Waals surface area (Å²) in [5.41, 5.74) is 33.6. The molecule has 0 amide bonds. The van der Waals surface area contributed by atoms with Crippen molar-refractivity contribution in [3.05, 3.63) is 178 Å². The molecule has 6 heterocycles. The fraction of sp³-hybridized carbons (Fsp3) is 0.500. The average Bonchev–Trinajstić information content (AvgIpc) is 3.79. The molecule has 0 aliphatic rings. The third-order valence-electron chi connectivity index (χ3n) is 16.0. The number of rotatable bonds is 0. The van der Waals surface area contributed by atoms with Crippen LogP contribution in [0.2, 0.25) is 0 Å². The Hall–Kier alpha value is -5.14. The average molecular weight is 986 g/mol. The van der Waals surface area contributed by atoms with Crippen LogP contribution in [0.5, 0.6) is 0 Å². The molecule has 0 atom stereocenters. The summed E-state index contributed by atoms with van der Waals surface area (Å²) in [5, 5.41) is 0. The first-order valence-corrected chi connectivity index (χ1v) is 26.1. The smallest absolute Gasteiger partial charge is 0.104 e. The van der Waals surface area contributed by atoms with Crippen LogP contribution < -0.4 is 0 Å². The zero-order chi connectivity index (χ0) is 55.4. The van der Waals surface area contributed by atoms with E-state index in [1.807, 2.05) is 66.7 Å². The minimum atomic E-state index is 1.03. The summed E-state index contributed by atoms with van der Waals surface area (Å²) in [6.07, 6.45) is 0. The molecular weight excluding hydrogens is 889 g/mol. The van der Waals surface area contributed by atoms with Crippen LogP contribution in [-0.4, -0.2) is 19.9 Å². The van der Waals surface area contributed by atoms with Gasteiger partial charge in [0.15, 0.2) is 0 Å². The molecule has 390 valence electrons. The Balaban J connectivity index is 0.000000415. The van der Waals surface area contributed by atoms with Crippen molar-refractivity contribution < 1.29 is 8.83 Å². The summed E-state index contributed by atoms with van der Waals surface area (Å²) in [4.78, 5) is 20.4. The zero-order valence-corrected chi connectivity index (χ0v) is 51.8. The molecule has 0 fully saturated rings. The molecule has 0 saturated carbocycles. The fourth-order valence-corrected chi connectivity index (χ4v) is 8.80. The summed E-state index contributed by atoms with van der Waals surface area (Å²) in [5.74, 6) is 4.19. The fourth-order valence-electron chi connectivity index (χ4n) is 7.73. The number of hydrogen-bond donors (Lipinski definition) is 0. The van der Waals surface area contributed by atoms with Crippen LogP contribution in [0.4, 0.5) is 0 Å². The number of pyridine rings is 2. The van der Waals surface area contributed by atoms with Gasteiger partial charge in [0.25, 0.3) is 0 Å². The van der Waals surface area contributed by atoms with E-state index in [0.717, 1.165) is 68.6 Å². The third-order valence-corrected chi connectivity index (χ3v) is 17.2. The van der Waals surface area contributed by atoms with Gasteiger partial charge in [-0.15, -0.1) is 11.3 Å². The Bertz CT molecular complexity index is 2480. The highest BCUT2D eigenvalue weighted by atomic mass is 32.1. The van der Waals surface area contributed by atoms with E-state index in [2.05, 4.69) is 186 Å². The van der Waals surface area contributed by atoms with Gasteiger partial charge in [-0.1, -0.05) is 0 Å². The second-order valence-corrected chi connectivity index (χ2v) is 21.5. The van der Waals surface area contributed by atoms with Gasteiger partial charge in [0.05, 0.1) is 22.8 Å². The minimum Gasteiger partial charge on any atom is -0.466 e. The Morgan fingerprint density at radius 2 is 0.338 bits per heavy atom. The normalized spacial score (nSPS) is 10.3. The molecule has 0 N–H and O–H groups in total. The summed E-state index contributed by atoms with van der Waals surface area (Å²) < 4.78 is 10.7. The predicted octanol–water partition coefficient (Wildman–Crippen LogP) is 18.5. The maximum atomic E-state index is 5.34. The largest absolute Gasteiger partial charge is 0.466 e. The maximum Gasteiger partial charge on any atom is 0.104 e. The molecule has 6 aromatic heterocycles. The van der Waals surface area contributed by atoms with Crippen LogP contribution in [-0.2, 0) is 0 Å². The molecule has 0 radical (unpaired) electrons. The van der Waals surface area contributed by atoms with Gasteiger partial charge in [0, 0.05) is 32.5 Å². The van der Waals surface area contributed by atoms with Crippen LogP contribution in [0.1, 0.15) is 178 Å². The van der Waals surface area contributed by atoms with Crippen molar-refractivity contribution in [2.75, 3.05) is 0 Å². The summed E-state index contributed by atoms with van der Waals surface area (Å²) >= 11 is 1.90. The first-order valence-electron chi connectivity index (χ1n) is 25.3. The van der Waals surface area contributed by atoms with E-state index in [9.17, 15) is 0 Å². The number of aryl methyl sites for hydroxylation is 14. The van der Waals surface area contributed by atoms with Crippen molar-refractivity contribution in [3.8, 4) is 0 Å². The Morgan fingerprint density at radius 1 is 0.183 bits per heavy atom. The molecule has 0 aliphatic carbocycles. The van der Waals surface area contributed by atoms with Gasteiger partial charge >= 0.3 is 0 Å². The van der Waals surface area contributed by atoms with Gasteiger partial charge in [-0.3, -0.25) is 19.9 Å². The number of furan rings is 2. The monoisotopic (exact) mass is 985 g/mol. The zero-order valence-electron chi connectivity index (χ0n) is 51.0. The topological polar surface area (TPSA) is 77.8 Å². The van der Waals surface area contributed by atoms with Gasteiger partial charge in [0.1, 0.15) is 23.0 Å². The van der Waals surface area contributed by atoms with Crippen LogP contribution in [0.3, 0.4) is 0 Å². The van der Waals surface area contributed by atoms with E-state index in [-0.39, 0.29) is 0 Å². The van der Waals surface area contributed by atoms with Gasteiger partial charge in [0.2, 0.25) is 0 Å². The molecule has 1 aromatic carbocycles. The van der Waals surface area contributed by atoms with E-state index < -0.39 is 0 Å². The summed E-state index contributed by atoms with van der Waals surface area (Å²) in [6.45, 7) is 67.3. The molecule has 7 aromatic rings. The lowest BCUT2D eigenvalue weighted by atomic mass is 9.90. The standard InChI is InChI=1S/C12H18.2C10H15N.C8H12N2.2C8H12O.C8H12S/c1-7-8(2)10(4)12(6)11(5)9(7)3;2*1-6-7(2)9(4)11-10(5)8(6)3;1-5-6(2)10-8(4)7(3)9-5;3*1-5-6(2)8(4)9-7(5)3/h1-6H3;2*1-5H3;1-4H3;3*1-4H3. The van der Waals surface area contributed by atoms with Crippen LogP contribution in [0.25, 0.3) is 0 Å². The third kappa shape index (κ3) is 17.0. The second kappa shape index (κ2) is 27.6. The van der Waals surface area contributed by atoms with Crippen molar-refractivity contribution in [2.24, 2.45) is 0 Å². The van der Waals surface area contributed by atoms with Crippen LogP contribution >= 0.6 is 11.3 Å². The SMILES string of the molecule is Cc1c(C)c(C)c(C)c(C)c1C.Cc1nc(C)c(C)c(C)c1C.Cc1nc(C)c(C)c(C)c1C.Cc1nc(C)c(C)nc1C.Cc1oc(C)c(C)c1C.Cc1oc(C)c(C)c1C.Cc1sc(C)c(C)c1C. The van der Waals surface area contributed by atoms with Gasteiger partial charge in [-0.05, 0) is 322 Å². The highest BCUT2D eigenvalue weighted by molar-refractivity contribution is 7.12. The quantitative estimate of drug-likeness (QED) is 0.151. The molecule has 7 rings (SSSR count). The lowest BCUT2D eigenvalue weighted by molar-refractivity contribution is 0.500. The molecule has 7 heteroatoms. The highest BCUT2D eigenvalue weighted by Gasteiger charge is 2.09. The van der Waals surface area contributed by atoms with E-state index in [0.29, 0.717) is 0 Å².